The Morgan fingerprint density at radius 3 is 2.50 bits per heavy atom. The van der Waals surface area contributed by atoms with Crippen LogP contribution in [0, 0.1) is 6.92 Å². The van der Waals surface area contributed by atoms with Gasteiger partial charge in [-0.15, -0.1) is 0 Å². The van der Waals surface area contributed by atoms with Gasteiger partial charge in [-0.05, 0) is 49.7 Å². The maximum atomic E-state index is 12.5. The number of ether oxygens (including phenoxy) is 1. The normalized spacial score (nSPS) is 18.4. The molecule has 0 spiro atoms. The SMILES string of the molecule is Cc1ccccc1S(=O)(=O)Nc1ccc(N2CCOCC2C)cc1. The summed E-state index contributed by atoms with van der Waals surface area (Å²) in [6.07, 6.45) is 0. The molecule has 0 radical (unpaired) electrons. The molecular formula is C18H22N2O3S. The van der Waals surface area contributed by atoms with Gasteiger partial charge in [0.05, 0.1) is 18.1 Å². The summed E-state index contributed by atoms with van der Waals surface area (Å²) in [6, 6.07) is 14.7. The molecule has 1 saturated heterocycles. The van der Waals surface area contributed by atoms with Gasteiger partial charge < -0.3 is 9.64 Å². The van der Waals surface area contributed by atoms with E-state index in [4.69, 9.17) is 4.74 Å². The molecule has 2 aromatic rings. The van der Waals surface area contributed by atoms with Crippen molar-refractivity contribution in [1.82, 2.24) is 0 Å². The van der Waals surface area contributed by atoms with E-state index in [-0.39, 0.29) is 0 Å². The van der Waals surface area contributed by atoms with Crippen LogP contribution in [0.1, 0.15) is 12.5 Å². The van der Waals surface area contributed by atoms with Crippen molar-refractivity contribution in [2.24, 2.45) is 0 Å². The van der Waals surface area contributed by atoms with Gasteiger partial charge in [-0.25, -0.2) is 8.42 Å². The first kappa shape index (κ1) is 16.8. The number of anilines is 2. The Hall–Kier alpha value is -2.05. The zero-order chi connectivity index (χ0) is 17.2. The number of morpholine rings is 1. The first-order valence-electron chi connectivity index (χ1n) is 8.00. The second-order valence-electron chi connectivity index (χ2n) is 6.04. The highest BCUT2D eigenvalue weighted by molar-refractivity contribution is 7.92. The highest BCUT2D eigenvalue weighted by Gasteiger charge is 2.20. The van der Waals surface area contributed by atoms with Gasteiger partial charge in [0.15, 0.2) is 0 Å². The van der Waals surface area contributed by atoms with E-state index in [9.17, 15) is 8.42 Å². The van der Waals surface area contributed by atoms with Crippen LogP contribution in [0.2, 0.25) is 0 Å². The molecule has 1 unspecified atom stereocenters. The quantitative estimate of drug-likeness (QED) is 0.924. The Morgan fingerprint density at radius 1 is 1.12 bits per heavy atom. The van der Waals surface area contributed by atoms with E-state index < -0.39 is 10.0 Å². The third kappa shape index (κ3) is 3.55. The summed E-state index contributed by atoms with van der Waals surface area (Å²) in [6.45, 7) is 6.18. The number of aryl methyl sites for hydroxylation is 1. The predicted octanol–water partition coefficient (Wildman–Crippen LogP) is 3.02. The fourth-order valence-electron chi connectivity index (χ4n) is 2.90. The van der Waals surface area contributed by atoms with Crippen LogP contribution >= 0.6 is 0 Å². The molecule has 1 aliphatic rings. The van der Waals surface area contributed by atoms with Crippen molar-refractivity contribution in [2.75, 3.05) is 29.4 Å². The Kier molecular flexibility index (Phi) is 4.78. The van der Waals surface area contributed by atoms with Crippen molar-refractivity contribution in [1.29, 1.82) is 0 Å². The summed E-state index contributed by atoms with van der Waals surface area (Å²) < 4.78 is 33.1. The predicted molar refractivity (Wildman–Crippen MR) is 96.1 cm³/mol. The third-order valence-corrected chi connectivity index (χ3v) is 5.74. The molecule has 0 saturated carbocycles. The molecule has 1 heterocycles. The number of nitrogens with zero attached hydrogens (tertiary/aromatic N) is 1. The van der Waals surface area contributed by atoms with Crippen LogP contribution < -0.4 is 9.62 Å². The minimum Gasteiger partial charge on any atom is -0.377 e. The van der Waals surface area contributed by atoms with Gasteiger partial charge in [0.2, 0.25) is 0 Å². The Balaban J connectivity index is 1.78. The van der Waals surface area contributed by atoms with Crippen LogP contribution in [0.4, 0.5) is 11.4 Å². The summed E-state index contributed by atoms with van der Waals surface area (Å²) in [7, 11) is -3.58. The van der Waals surface area contributed by atoms with Crippen LogP contribution in [-0.4, -0.2) is 34.2 Å². The molecule has 1 atom stereocenters. The van der Waals surface area contributed by atoms with Crippen molar-refractivity contribution >= 4 is 21.4 Å². The average Bonchev–Trinajstić information content (AvgIpc) is 2.56. The molecule has 0 amide bonds. The van der Waals surface area contributed by atoms with Crippen LogP contribution in [0.5, 0.6) is 0 Å². The highest BCUT2D eigenvalue weighted by Crippen LogP contribution is 2.24. The van der Waals surface area contributed by atoms with Crippen LogP contribution in [0.3, 0.4) is 0 Å². The minimum atomic E-state index is -3.58. The fourth-order valence-corrected chi connectivity index (χ4v) is 4.21. The summed E-state index contributed by atoms with van der Waals surface area (Å²) in [5.74, 6) is 0. The van der Waals surface area contributed by atoms with Gasteiger partial charge in [-0.2, -0.15) is 0 Å². The molecule has 1 aliphatic heterocycles. The Labute approximate surface area is 143 Å². The second-order valence-corrected chi connectivity index (χ2v) is 7.69. The van der Waals surface area contributed by atoms with Crippen LogP contribution in [0.15, 0.2) is 53.4 Å². The molecule has 2 aromatic carbocycles. The van der Waals surface area contributed by atoms with Crippen LogP contribution in [0.25, 0.3) is 0 Å². The molecule has 24 heavy (non-hydrogen) atoms. The van der Waals surface area contributed by atoms with Gasteiger partial charge in [0.25, 0.3) is 10.0 Å². The van der Waals surface area contributed by atoms with Crippen molar-refractivity contribution in [2.45, 2.75) is 24.8 Å². The number of hydrogen-bond donors (Lipinski definition) is 1. The smallest absolute Gasteiger partial charge is 0.262 e. The largest absolute Gasteiger partial charge is 0.377 e. The number of benzene rings is 2. The first-order valence-corrected chi connectivity index (χ1v) is 9.48. The molecule has 1 N–H and O–H groups in total. The zero-order valence-electron chi connectivity index (χ0n) is 13.9. The number of sulfonamides is 1. The van der Waals surface area contributed by atoms with Crippen molar-refractivity contribution in [3.8, 4) is 0 Å². The standard InChI is InChI=1S/C18H22N2O3S/c1-14-5-3-4-6-18(14)24(21,22)19-16-7-9-17(10-8-16)20-11-12-23-13-15(20)2/h3-10,15,19H,11-13H2,1-2H3. The monoisotopic (exact) mass is 346 g/mol. The van der Waals surface area contributed by atoms with Crippen LogP contribution in [-0.2, 0) is 14.8 Å². The lowest BCUT2D eigenvalue weighted by Gasteiger charge is -2.35. The molecular weight excluding hydrogens is 324 g/mol. The molecule has 6 heteroatoms. The molecule has 0 bridgehead atoms. The maximum absolute atomic E-state index is 12.5. The van der Waals surface area contributed by atoms with E-state index in [1.165, 1.54) is 0 Å². The fraction of sp³-hybridized carbons (Fsp3) is 0.333. The summed E-state index contributed by atoms with van der Waals surface area (Å²) >= 11 is 0. The molecule has 128 valence electrons. The number of nitrogens with one attached hydrogen (secondary N) is 1. The van der Waals surface area contributed by atoms with Gasteiger partial charge >= 0.3 is 0 Å². The van der Waals surface area contributed by atoms with Crippen molar-refractivity contribution in [3.63, 3.8) is 0 Å². The second kappa shape index (κ2) is 6.83. The topological polar surface area (TPSA) is 58.6 Å². The lowest BCUT2D eigenvalue weighted by molar-refractivity contribution is 0.0989. The van der Waals surface area contributed by atoms with Gasteiger partial charge in [-0.3, -0.25) is 4.72 Å². The Morgan fingerprint density at radius 2 is 1.83 bits per heavy atom. The van der Waals surface area contributed by atoms with Crippen molar-refractivity contribution in [3.05, 3.63) is 54.1 Å². The molecule has 0 aromatic heterocycles. The third-order valence-electron chi connectivity index (χ3n) is 4.20. The van der Waals surface area contributed by atoms with Gasteiger partial charge in [-0.1, -0.05) is 18.2 Å². The minimum absolute atomic E-state index is 0.302. The van der Waals surface area contributed by atoms with E-state index in [2.05, 4.69) is 16.5 Å². The lowest BCUT2D eigenvalue weighted by atomic mass is 10.2. The van der Waals surface area contributed by atoms with Gasteiger partial charge in [0.1, 0.15) is 0 Å². The van der Waals surface area contributed by atoms with Gasteiger partial charge in [0, 0.05) is 24.0 Å². The van der Waals surface area contributed by atoms with Crippen molar-refractivity contribution < 1.29 is 13.2 Å². The van der Waals surface area contributed by atoms with E-state index in [0.29, 0.717) is 29.8 Å². The number of rotatable bonds is 4. The number of hydrogen-bond acceptors (Lipinski definition) is 4. The Bertz CT molecular complexity index is 803. The highest BCUT2D eigenvalue weighted by atomic mass is 32.2. The van der Waals surface area contributed by atoms with E-state index in [1.807, 2.05) is 18.2 Å². The van der Waals surface area contributed by atoms with E-state index in [0.717, 1.165) is 17.8 Å². The molecule has 1 fully saturated rings. The zero-order valence-corrected chi connectivity index (χ0v) is 14.7. The summed E-state index contributed by atoms with van der Waals surface area (Å²) in [5, 5.41) is 0. The molecule has 3 rings (SSSR count). The summed E-state index contributed by atoms with van der Waals surface area (Å²) in [5.41, 5.74) is 2.36. The lowest BCUT2D eigenvalue weighted by Crippen LogP contribution is -2.43. The molecule has 5 nitrogen and oxygen atoms in total. The average molecular weight is 346 g/mol. The summed E-state index contributed by atoms with van der Waals surface area (Å²) in [4.78, 5) is 2.57. The van der Waals surface area contributed by atoms with E-state index >= 15 is 0 Å². The molecule has 0 aliphatic carbocycles. The maximum Gasteiger partial charge on any atom is 0.262 e. The first-order chi connectivity index (χ1) is 11.5. The van der Waals surface area contributed by atoms with E-state index in [1.54, 1.807) is 37.3 Å².